The molecular weight excluding hydrogens is 314 g/mol. The van der Waals surface area contributed by atoms with E-state index in [4.69, 9.17) is 20.2 Å². The highest BCUT2D eigenvalue weighted by Gasteiger charge is 2.39. The first-order chi connectivity index (χ1) is 12.1. The highest BCUT2D eigenvalue weighted by atomic mass is 16.6. The Labute approximate surface area is 151 Å². The number of hydrogen-bond donors (Lipinski definition) is 1. The fraction of sp³-hybridized carbons (Fsp3) is 0.650. The van der Waals surface area contributed by atoms with Gasteiger partial charge in [-0.05, 0) is 30.0 Å². The summed E-state index contributed by atoms with van der Waals surface area (Å²) < 4.78 is 12.3. The van der Waals surface area contributed by atoms with Crippen LogP contribution in [0.4, 0.5) is 0 Å². The molecule has 2 aliphatic rings. The van der Waals surface area contributed by atoms with Crippen molar-refractivity contribution in [2.75, 3.05) is 20.4 Å². The van der Waals surface area contributed by atoms with Gasteiger partial charge in [0.25, 0.3) is 0 Å². The van der Waals surface area contributed by atoms with Gasteiger partial charge in [0.05, 0.1) is 0 Å². The van der Waals surface area contributed by atoms with Crippen LogP contribution in [0.15, 0.2) is 29.3 Å². The summed E-state index contributed by atoms with van der Waals surface area (Å²) in [6, 6.07) is 8.24. The molecule has 0 spiro atoms. The highest BCUT2D eigenvalue weighted by Crippen LogP contribution is 2.35. The molecule has 1 heterocycles. The quantitative estimate of drug-likeness (QED) is 0.857. The fourth-order valence-corrected chi connectivity index (χ4v) is 3.74. The molecule has 1 aromatic carbocycles. The Balaban J connectivity index is 1.73. The van der Waals surface area contributed by atoms with Gasteiger partial charge < -0.3 is 20.1 Å². The predicted molar refractivity (Wildman–Crippen MR) is 101 cm³/mol. The maximum atomic E-state index is 6.16. The molecule has 25 heavy (non-hydrogen) atoms. The number of aliphatic imine (C=N–C) groups is 1. The predicted octanol–water partition coefficient (Wildman–Crippen LogP) is 3.53. The van der Waals surface area contributed by atoms with E-state index in [0.29, 0.717) is 25.2 Å². The van der Waals surface area contributed by atoms with Gasteiger partial charge in [-0.15, -0.1) is 0 Å². The van der Waals surface area contributed by atoms with Crippen molar-refractivity contribution >= 4 is 5.96 Å². The van der Waals surface area contributed by atoms with Crippen LogP contribution >= 0.6 is 0 Å². The third-order valence-electron chi connectivity index (χ3n) is 5.34. The Hall–Kier alpha value is -1.75. The van der Waals surface area contributed by atoms with Crippen molar-refractivity contribution in [3.8, 4) is 5.75 Å². The molecule has 0 aromatic heterocycles. The summed E-state index contributed by atoms with van der Waals surface area (Å²) in [6.45, 7) is 3.01. The number of nitrogens with zero attached hydrogens (tertiary/aromatic N) is 2. The second-order valence-electron chi connectivity index (χ2n) is 7.39. The fourth-order valence-electron chi connectivity index (χ4n) is 3.74. The lowest BCUT2D eigenvalue weighted by Gasteiger charge is -2.39. The van der Waals surface area contributed by atoms with Gasteiger partial charge in [0.2, 0.25) is 0 Å². The molecule has 138 valence electrons. The number of aryl methyl sites for hydroxylation is 1. The SMILES string of the molecule is CCc1cccc(OCC2(CC3CCCCC3)N=C(N)N(C)CO2)c1. The third-order valence-corrected chi connectivity index (χ3v) is 5.34. The van der Waals surface area contributed by atoms with Crippen molar-refractivity contribution in [2.24, 2.45) is 16.6 Å². The molecular formula is C20H31N3O2. The van der Waals surface area contributed by atoms with E-state index in [1.165, 1.54) is 37.7 Å². The summed E-state index contributed by atoms with van der Waals surface area (Å²) in [5, 5.41) is 0. The van der Waals surface area contributed by atoms with Crippen LogP contribution in [0.1, 0.15) is 51.0 Å². The average molecular weight is 345 g/mol. The van der Waals surface area contributed by atoms with Crippen LogP contribution in [-0.2, 0) is 11.2 Å². The number of guanidine groups is 1. The number of nitrogens with two attached hydrogens (primary N) is 1. The van der Waals surface area contributed by atoms with E-state index in [2.05, 4.69) is 19.1 Å². The van der Waals surface area contributed by atoms with Crippen LogP contribution < -0.4 is 10.5 Å². The molecule has 1 aliphatic heterocycles. The number of rotatable bonds is 6. The van der Waals surface area contributed by atoms with Crippen molar-refractivity contribution in [1.29, 1.82) is 0 Å². The Morgan fingerprint density at radius 3 is 2.84 bits per heavy atom. The molecule has 1 saturated carbocycles. The maximum Gasteiger partial charge on any atom is 0.198 e. The first-order valence-corrected chi connectivity index (χ1v) is 9.52. The normalized spacial score (nSPS) is 24.9. The minimum absolute atomic E-state index is 0.408. The summed E-state index contributed by atoms with van der Waals surface area (Å²) in [4.78, 5) is 6.55. The van der Waals surface area contributed by atoms with Crippen LogP contribution in [0.3, 0.4) is 0 Å². The smallest absolute Gasteiger partial charge is 0.198 e. The minimum atomic E-state index is -0.666. The molecule has 2 N–H and O–H groups in total. The molecule has 1 unspecified atom stereocenters. The van der Waals surface area contributed by atoms with E-state index >= 15 is 0 Å². The Bertz CT molecular complexity index is 598. The van der Waals surface area contributed by atoms with Gasteiger partial charge >= 0.3 is 0 Å². The third kappa shape index (κ3) is 4.66. The molecule has 3 rings (SSSR count). The summed E-state index contributed by atoms with van der Waals surface area (Å²) in [7, 11) is 1.90. The van der Waals surface area contributed by atoms with Gasteiger partial charge in [0, 0.05) is 13.5 Å². The van der Waals surface area contributed by atoms with Gasteiger partial charge in [-0.3, -0.25) is 0 Å². The van der Waals surface area contributed by atoms with Crippen molar-refractivity contribution in [1.82, 2.24) is 4.90 Å². The van der Waals surface area contributed by atoms with Crippen molar-refractivity contribution in [2.45, 2.75) is 57.6 Å². The summed E-state index contributed by atoms with van der Waals surface area (Å²) >= 11 is 0. The molecule has 1 aliphatic carbocycles. The van der Waals surface area contributed by atoms with E-state index in [1.807, 2.05) is 24.1 Å². The zero-order valence-electron chi connectivity index (χ0n) is 15.5. The van der Waals surface area contributed by atoms with E-state index in [1.54, 1.807) is 0 Å². The zero-order chi connectivity index (χ0) is 17.7. The van der Waals surface area contributed by atoms with Crippen LogP contribution in [-0.4, -0.2) is 37.0 Å². The lowest BCUT2D eigenvalue weighted by atomic mass is 9.83. The van der Waals surface area contributed by atoms with Gasteiger partial charge in [-0.2, -0.15) is 0 Å². The Morgan fingerprint density at radius 1 is 1.32 bits per heavy atom. The molecule has 1 aromatic rings. The van der Waals surface area contributed by atoms with Gasteiger partial charge in [-0.25, -0.2) is 4.99 Å². The second kappa shape index (κ2) is 8.09. The van der Waals surface area contributed by atoms with Gasteiger partial charge in [0.1, 0.15) is 19.1 Å². The van der Waals surface area contributed by atoms with Crippen LogP contribution in [0.2, 0.25) is 0 Å². The first kappa shape index (κ1) is 18.1. The topological polar surface area (TPSA) is 60.1 Å². The number of ether oxygens (including phenoxy) is 2. The van der Waals surface area contributed by atoms with E-state index in [9.17, 15) is 0 Å². The average Bonchev–Trinajstić information content (AvgIpc) is 2.64. The van der Waals surface area contributed by atoms with E-state index in [0.717, 1.165) is 18.6 Å². The molecule has 0 bridgehead atoms. The molecule has 0 saturated heterocycles. The van der Waals surface area contributed by atoms with Crippen LogP contribution in [0.25, 0.3) is 0 Å². The van der Waals surface area contributed by atoms with Crippen molar-refractivity contribution in [3.63, 3.8) is 0 Å². The maximum absolute atomic E-state index is 6.16. The van der Waals surface area contributed by atoms with Crippen molar-refractivity contribution < 1.29 is 9.47 Å². The Morgan fingerprint density at radius 2 is 2.12 bits per heavy atom. The molecule has 0 amide bonds. The van der Waals surface area contributed by atoms with E-state index < -0.39 is 5.72 Å². The Kier molecular flexibility index (Phi) is 5.84. The first-order valence-electron chi connectivity index (χ1n) is 9.52. The lowest BCUT2D eigenvalue weighted by molar-refractivity contribution is -0.118. The van der Waals surface area contributed by atoms with Crippen LogP contribution in [0.5, 0.6) is 5.75 Å². The molecule has 1 fully saturated rings. The number of benzene rings is 1. The zero-order valence-corrected chi connectivity index (χ0v) is 15.5. The van der Waals surface area contributed by atoms with Crippen molar-refractivity contribution in [3.05, 3.63) is 29.8 Å². The highest BCUT2D eigenvalue weighted by molar-refractivity contribution is 5.78. The summed E-state index contributed by atoms with van der Waals surface area (Å²) in [6.07, 6.45) is 8.34. The van der Waals surface area contributed by atoms with E-state index in [-0.39, 0.29) is 0 Å². The summed E-state index contributed by atoms with van der Waals surface area (Å²) in [5.41, 5.74) is 6.72. The second-order valence-corrected chi connectivity index (χ2v) is 7.39. The minimum Gasteiger partial charge on any atom is -0.488 e. The number of hydrogen-bond acceptors (Lipinski definition) is 5. The monoisotopic (exact) mass is 345 g/mol. The van der Waals surface area contributed by atoms with Crippen LogP contribution in [0, 0.1) is 5.92 Å². The molecule has 5 nitrogen and oxygen atoms in total. The molecule has 1 atom stereocenters. The standard InChI is InChI=1S/C20H31N3O2/c1-3-16-10-7-11-18(12-16)24-14-20(13-17-8-5-4-6-9-17)22-19(21)23(2)15-25-20/h7,10-12,17H,3-6,8-9,13-15H2,1-2H3,(H2,21,22). The van der Waals surface area contributed by atoms with Gasteiger partial charge in [0.15, 0.2) is 11.7 Å². The molecule has 0 radical (unpaired) electrons. The molecule has 5 heteroatoms. The largest absolute Gasteiger partial charge is 0.488 e. The lowest BCUT2D eigenvalue weighted by Crippen LogP contribution is -2.51. The van der Waals surface area contributed by atoms with Gasteiger partial charge in [-0.1, -0.05) is 51.2 Å². The summed E-state index contributed by atoms with van der Waals surface area (Å²) in [5.74, 6) is 2.05.